The number of alkyl halides is 2. The van der Waals surface area contributed by atoms with Crippen LogP contribution in [-0.4, -0.2) is 9.96 Å². The zero-order valence-electron chi connectivity index (χ0n) is 6.55. The van der Waals surface area contributed by atoms with Crippen LogP contribution >= 0.6 is 22.6 Å². The molecule has 0 spiro atoms. The zero-order chi connectivity index (χ0) is 9.14. The summed E-state index contributed by atoms with van der Waals surface area (Å²) in [5, 5.41) is 0. The number of ketones is 1. The maximum atomic E-state index is 12.5. The van der Waals surface area contributed by atoms with Gasteiger partial charge in [-0.2, -0.15) is 0 Å². The number of halogens is 2. The molecule has 0 aromatic heterocycles. The highest BCUT2D eigenvalue weighted by molar-refractivity contribution is 14.1. The largest absolute Gasteiger partial charge is 0.290 e. The first kappa shape index (κ1) is 9.64. The Balaban J connectivity index is 2.90. The van der Waals surface area contributed by atoms with Crippen molar-refractivity contribution in [3.63, 3.8) is 0 Å². The number of rotatable bonds is 2. The van der Waals surface area contributed by atoms with Gasteiger partial charge in [-0.25, -0.2) is 4.39 Å². The maximum absolute atomic E-state index is 12.5. The van der Waals surface area contributed by atoms with Gasteiger partial charge in [-0.3, -0.25) is 4.79 Å². The number of hydrogen-bond acceptors (Lipinski definition) is 1. The van der Waals surface area contributed by atoms with E-state index in [4.69, 9.17) is 0 Å². The molecule has 0 bridgehead atoms. The summed E-state index contributed by atoms with van der Waals surface area (Å²) in [6, 6.07) is 6.88. The Morgan fingerprint density at radius 2 is 1.92 bits per heavy atom. The fraction of sp³-hybridized carbons (Fsp3) is 0.222. The molecule has 0 aliphatic heterocycles. The zero-order valence-corrected chi connectivity index (χ0v) is 8.71. The number of carbonyl (C=O) groups is 1. The number of Topliss-reactive ketones (excluding diaryl/α,β-unsaturated/α-hetero) is 1. The first-order chi connectivity index (χ1) is 5.61. The minimum absolute atomic E-state index is 0.433. The van der Waals surface area contributed by atoms with Crippen molar-refractivity contribution >= 4 is 28.4 Å². The highest BCUT2D eigenvalue weighted by Gasteiger charge is 2.14. The van der Waals surface area contributed by atoms with Crippen LogP contribution in [0, 0.1) is 6.92 Å². The van der Waals surface area contributed by atoms with Crippen LogP contribution in [0.1, 0.15) is 15.9 Å². The van der Waals surface area contributed by atoms with Gasteiger partial charge in [-0.05, 0) is 29.5 Å². The van der Waals surface area contributed by atoms with E-state index in [-0.39, 0.29) is 0 Å². The molecule has 64 valence electrons. The van der Waals surface area contributed by atoms with Crippen LogP contribution in [0.3, 0.4) is 0 Å². The third-order valence-corrected chi connectivity index (χ3v) is 2.10. The Hall–Kier alpha value is -0.450. The van der Waals surface area contributed by atoms with E-state index in [1.807, 2.05) is 6.92 Å². The summed E-state index contributed by atoms with van der Waals surface area (Å²) in [5.41, 5.74) is 1.50. The summed E-state index contributed by atoms with van der Waals surface area (Å²) < 4.78 is 11.1. The molecule has 1 atom stereocenters. The molecule has 0 saturated heterocycles. The minimum Gasteiger partial charge on any atom is -0.290 e. The van der Waals surface area contributed by atoms with E-state index >= 15 is 0 Å². The molecule has 12 heavy (non-hydrogen) atoms. The van der Waals surface area contributed by atoms with Crippen LogP contribution < -0.4 is 0 Å². The molecule has 1 unspecified atom stereocenters. The van der Waals surface area contributed by atoms with Crippen molar-refractivity contribution in [2.75, 3.05) is 0 Å². The highest BCUT2D eigenvalue weighted by Crippen LogP contribution is 2.12. The van der Waals surface area contributed by atoms with Crippen LogP contribution in [0.5, 0.6) is 0 Å². The molecule has 3 heteroatoms. The van der Waals surface area contributed by atoms with Gasteiger partial charge in [0.05, 0.1) is 0 Å². The minimum atomic E-state index is -1.44. The van der Waals surface area contributed by atoms with Crippen LogP contribution in [0.25, 0.3) is 0 Å². The van der Waals surface area contributed by atoms with Crippen molar-refractivity contribution in [1.82, 2.24) is 0 Å². The second-order valence-corrected chi connectivity index (χ2v) is 3.62. The predicted molar refractivity (Wildman–Crippen MR) is 54.4 cm³/mol. The molecular weight excluding hydrogens is 270 g/mol. The quantitative estimate of drug-likeness (QED) is 0.462. The topological polar surface area (TPSA) is 17.1 Å². The fourth-order valence-corrected chi connectivity index (χ4v) is 1.20. The average Bonchev–Trinajstić information content (AvgIpc) is 2.04. The number of aryl methyl sites for hydroxylation is 1. The van der Waals surface area contributed by atoms with E-state index in [2.05, 4.69) is 0 Å². The van der Waals surface area contributed by atoms with Crippen molar-refractivity contribution < 1.29 is 9.18 Å². The van der Waals surface area contributed by atoms with Crippen molar-refractivity contribution in [2.45, 2.75) is 11.1 Å². The van der Waals surface area contributed by atoms with Gasteiger partial charge in [-0.1, -0.05) is 29.8 Å². The van der Waals surface area contributed by atoms with Crippen molar-refractivity contribution in [1.29, 1.82) is 0 Å². The lowest BCUT2D eigenvalue weighted by molar-refractivity contribution is 0.0948. The second kappa shape index (κ2) is 3.98. The summed E-state index contributed by atoms with van der Waals surface area (Å²) in [6.07, 6.45) is 0. The van der Waals surface area contributed by atoms with E-state index in [0.717, 1.165) is 5.56 Å². The Morgan fingerprint density at radius 3 is 2.33 bits per heavy atom. The summed E-state index contributed by atoms with van der Waals surface area (Å²) in [6.45, 7) is 1.92. The van der Waals surface area contributed by atoms with E-state index < -0.39 is 9.96 Å². The van der Waals surface area contributed by atoms with Crippen molar-refractivity contribution in [3.05, 3.63) is 35.4 Å². The first-order valence-electron chi connectivity index (χ1n) is 3.50. The third kappa shape index (κ3) is 2.27. The molecule has 0 radical (unpaired) electrons. The standard InChI is InChI=1S/C9H8FIO/c1-6-2-4-7(5-3-6)8(12)9(10)11/h2-5,9H,1H3. The Bertz CT molecular complexity index is 279. The lowest BCUT2D eigenvalue weighted by Gasteiger charge is -1.99. The SMILES string of the molecule is Cc1ccc(C(=O)C(F)I)cc1. The normalized spacial score (nSPS) is 12.6. The number of benzene rings is 1. The van der Waals surface area contributed by atoms with Gasteiger partial charge in [-0.15, -0.1) is 0 Å². The van der Waals surface area contributed by atoms with E-state index in [0.29, 0.717) is 5.56 Å². The molecule has 0 saturated carbocycles. The van der Waals surface area contributed by atoms with Crippen molar-refractivity contribution in [2.24, 2.45) is 0 Å². The third-order valence-electron chi connectivity index (χ3n) is 1.53. The smallest absolute Gasteiger partial charge is 0.213 e. The van der Waals surface area contributed by atoms with E-state index in [1.165, 1.54) is 22.6 Å². The van der Waals surface area contributed by atoms with Crippen LogP contribution in [-0.2, 0) is 0 Å². The van der Waals surface area contributed by atoms with Crippen molar-refractivity contribution in [3.8, 4) is 0 Å². The van der Waals surface area contributed by atoms with Crippen LogP contribution in [0.4, 0.5) is 4.39 Å². The summed E-state index contributed by atoms with van der Waals surface area (Å²) in [7, 11) is 0. The fourth-order valence-electron chi connectivity index (χ4n) is 0.844. The average molecular weight is 278 g/mol. The lowest BCUT2D eigenvalue weighted by atomic mass is 10.1. The van der Waals surface area contributed by atoms with Crippen LogP contribution in [0.15, 0.2) is 24.3 Å². The van der Waals surface area contributed by atoms with E-state index in [9.17, 15) is 9.18 Å². The van der Waals surface area contributed by atoms with Gasteiger partial charge in [0.15, 0.2) is 0 Å². The van der Waals surface area contributed by atoms with Crippen LogP contribution in [0.2, 0.25) is 0 Å². The number of hydrogen-bond donors (Lipinski definition) is 0. The molecule has 1 aromatic carbocycles. The maximum Gasteiger partial charge on any atom is 0.213 e. The molecule has 0 aliphatic rings. The monoisotopic (exact) mass is 278 g/mol. The first-order valence-corrected chi connectivity index (χ1v) is 4.75. The summed E-state index contributed by atoms with van der Waals surface area (Å²) >= 11 is 1.46. The Kier molecular flexibility index (Phi) is 3.20. The molecule has 1 nitrogen and oxygen atoms in total. The molecule has 1 rings (SSSR count). The van der Waals surface area contributed by atoms with Gasteiger partial charge >= 0.3 is 0 Å². The van der Waals surface area contributed by atoms with Gasteiger partial charge in [0.25, 0.3) is 0 Å². The summed E-state index contributed by atoms with van der Waals surface area (Å²) in [5.74, 6) is -0.462. The highest BCUT2D eigenvalue weighted by atomic mass is 127. The molecule has 0 aliphatic carbocycles. The second-order valence-electron chi connectivity index (χ2n) is 2.53. The molecule has 1 aromatic rings. The molecular formula is C9H8FIO. The number of carbonyl (C=O) groups excluding carboxylic acids is 1. The van der Waals surface area contributed by atoms with E-state index in [1.54, 1.807) is 24.3 Å². The predicted octanol–water partition coefficient (Wildman–Crippen LogP) is 2.91. The molecule has 0 fully saturated rings. The van der Waals surface area contributed by atoms with Gasteiger partial charge in [0.1, 0.15) is 0 Å². The van der Waals surface area contributed by atoms with Gasteiger partial charge in [0.2, 0.25) is 9.96 Å². The lowest BCUT2D eigenvalue weighted by Crippen LogP contribution is -2.07. The Labute approximate surface area is 84.1 Å². The van der Waals surface area contributed by atoms with Gasteiger partial charge in [0, 0.05) is 5.56 Å². The molecule has 0 amide bonds. The molecule has 0 N–H and O–H groups in total. The Morgan fingerprint density at radius 1 is 1.42 bits per heavy atom. The van der Waals surface area contributed by atoms with Gasteiger partial charge < -0.3 is 0 Å². The summed E-state index contributed by atoms with van der Waals surface area (Å²) in [4.78, 5) is 11.1. The molecule has 0 heterocycles.